The number of aromatic nitrogens is 1. The molecule has 61 heavy (non-hydrogen) atoms. The second-order valence-corrected chi connectivity index (χ2v) is 16.9. The molecule has 11 aromatic rings. The first-order valence-electron chi connectivity index (χ1n) is 21.3. The Morgan fingerprint density at radius 3 is 1.70 bits per heavy atom. The average molecular weight is 779 g/mol. The highest BCUT2D eigenvalue weighted by Gasteiger charge is 2.36. The molecular formula is C59H42N2. The monoisotopic (exact) mass is 778 g/mol. The predicted molar refractivity (Wildman–Crippen MR) is 259 cm³/mol. The molecule has 0 aliphatic heterocycles. The zero-order valence-electron chi connectivity index (χ0n) is 34.2. The number of rotatable bonds is 6. The fourth-order valence-electron chi connectivity index (χ4n) is 10.4. The van der Waals surface area contributed by atoms with Crippen molar-refractivity contribution in [3.63, 3.8) is 0 Å². The Morgan fingerprint density at radius 2 is 0.902 bits per heavy atom. The maximum Gasteiger partial charge on any atom is 0.0546 e. The Labute approximate surface area is 356 Å². The molecule has 0 N–H and O–H groups in total. The van der Waals surface area contributed by atoms with Crippen LogP contribution >= 0.6 is 0 Å². The second-order valence-electron chi connectivity index (χ2n) is 16.9. The third-order valence-corrected chi connectivity index (χ3v) is 13.2. The normalized spacial score (nSPS) is 12.9. The van der Waals surface area contributed by atoms with Gasteiger partial charge < -0.3 is 9.47 Å². The molecule has 1 aliphatic carbocycles. The summed E-state index contributed by atoms with van der Waals surface area (Å²) in [6, 6.07) is 80.7. The second kappa shape index (κ2) is 13.7. The van der Waals surface area contributed by atoms with Gasteiger partial charge in [-0.15, -0.1) is 0 Å². The van der Waals surface area contributed by atoms with Gasteiger partial charge in [-0.1, -0.05) is 178 Å². The smallest absolute Gasteiger partial charge is 0.0546 e. The van der Waals surface area contributed by atoms with Gasteiger partial charge in [0, 0.05) is 38.8 Å². The van der Waals surface area contributed by atoms with Crippen LogP contribution < -0.4 is 4.90 Å². The van der Waals surface area contributed by atoms with Crippen LogP contribution in [0.1, 0.15) is 25.0 Å². The lowest BCUT2D eigenvalue weighted by molar-refractivity contribution is 0.660. The van der Waals surface area contributed by atoms with Gasteiger partial charge in [0.2, 0.25) is 0 Å². The molecule has 10 aromatic carbocycles. The predicted octanol–water partition coefficient (Wildman–Crippen LogP) is 16.2. The van der Waals surface area contributed by atoms with Crippen molar-refractivity contribution >= 4 is 60.4 Å². The minimum absolute atomic E-state index is 0.163. The van der Waals surface area contributed by atoms with Gasteiger partial charge in [-0.2, -0.15) is 0 Å². The molecule has 0 amide bonds. The van der Waals surface area contributed by atoms with Crippen LogP contribution in [-0.2, 0) is 5.41 Å². The summed E-state index contributed by atoms with van der Waals surface area (Å²) >= 11 is 0. The van der Waals surface area contributed by atoms with Crippen molar-refractivity contribution in [3.05, 3.63) is 230 Å². The molecule has 12 rings (SSSR count). The van der Waals surface area contributed by atoms with Crippen LogP contribution in [0.25, 0.3) is 82.4 Å². The number of nitrogens with zero attached hydrogens (tertiary/aromatic N) is 2. The molecule has 2 heteroatoms. The molecular weight excluding hydrogens is 737 g/mol. The molecule has 2 nitrogen and oxygen atoms in total. The average Bonchev–Trinajstić information content (AvgIpc) is 3.76. The van der Waals surface area contributed by atoms with Gasteiger partial charge in [-0.25, -0.2) is 0 Å². The van der Waals surface area contributed by atoms with Gasteiger partial charge in [-0.3, -0.25) is 0 Å². The Balaban J connectivity index is 1.19. The number of anilines is 3. The SMILES string of the molecule is CC1(C)c2ccccc2-c2ccc(N(c3ccc4c(c3)c3ccccc3n4-c3ccccc3)c3cccc(-c4cccc5ccccc45)c3-c3cccc4ccccc34)cc21. The van der Waals surface area contributed by atoms with Gasteiger partial charge in [0.1, 0.15) is 0 Å². The van der Waals surface area contributed by atoms with Crippen molar-refractivity contribution in [1.29, 1.82) is 0 Å². The summed E-state index contributed by atoms with van der Waals surface area (Å²) in [6.45, 7) is 4.75. The van der Waals surface area contributed by atoms with Crippen LogP contribution in [0, 0.1) is 0 Å². The van der Waals surface area contributed by atoms with Crippen molar-refractivity contribution in [2.24, 2.45) is 0 Å². The lowest BCUT2D eigenvalue weighted by atomic mass is 9.82. The van der Waals surface area contributed by atoms with E-state index < -0.39 is 0 Å². The zero-order chi connectivity index (χ0) is 40.7. The molecule has 0 saturated carbocycles. The number of hydrogen-bond donors (Lipinski definition) is 0. The number of fused-ring (bicyclic) bond motifs is 8. The van der Waals surface area contributed by atoms with E-state index in [2.05, 4.69) is 242 Å². The molecule has 0 saturated heterocycles. The lowest BCUT2D eigenvalue weighted by Crippen LogP contribution is -2.17. The molecule has 0 unspecified atom stereocenters. The van der Waals surface area contributed by atoms with E-state index in [1.807, 2.05) is 0 Å². The van der Waals surface area contributed by atoms with E-state index in [9.17, 15) is 0 Å². The van der Waals surface area contributed by atoms with Crippen molar-refractivity contribution in [2.75, 3.05) is 4.90 Å². The molecule has 1 heterocycles. The van der Waals surface area contributed by atoms with E-state index >= 15 is 0 Å². The summed E-state index contributed by atoms with van der Waals surface area (Å²) < 4.78 is 2.40. The minimum atomic E-state index is -0.163. The Hall–Kier alpha value is -7.68. The Morgan fingerprint density at radius 1 is 0.361 bits per heavy atom. The van der Waals surface area contributed by atoms with Crippen LogP contribution in [-0.4, -0.2) is 4.57 Å². The van der Waals surface area contributed by atoms with E-state index in [-0.39, 0.29) is 5.41 Å². The highest BCUT2D eigenvalue weighted by molar-refractivity contribution is 6.13. The van der Waals surface area contributed by atoms with Crippen molar-refractivity contribution in [3.8, 4) is 39.1 Å². The molecule has 0 fully saturated rings. The summed E-state index contributed by atoms with van der Waals surface area (Å²) in [7, 11) is 0. The first kappa shape index (κ1) is 35.3. The standard InChI is InChI=1S/C59H42N2/c1-59(2)53-30-12-10-25-47(53)48-35-33-43(38-54(48)59)60(42-34-36-56-52(37-42)49-26-11-13-31-55(49)61(56)41-21-4-3-5-22-41)57-32-16-29-51(46-27-14-19-39-17-6-8-23-44(39)46)58(57)50-28-15-20-40-18-7-9-24-45(40)50/h3-38H,1-2H3. The summed E-state index contributed by atoms with van der Waals surface area (Å²) in [6.07, 6.45) is 0. The maximum absolute atomic E-state index is 2.53. The van der Waals surface area contributed by atoms with Gasteiger partial charge in [0.15, 0.2) is 0 Å². The van der Waals surface area contributed by atoms with Gasteiger partial charge in [0.25, 0.3) is 0 Å². The van der Waals surface area contributed by atoms with Crippen LogP contribution in [0.2, 0.25) is 0 Å². The molecule has 0 spiro atoms. The molecule has 1 aliphatic rings. The highest BCUT2D eigenvalue weighted by atomic mass is 15.1. The molecule has 0 radical (unpaired) electrons. The molecule has 0 bridgehead atoms. The molecule has 288 valence electrons. The van der Waals surface area contributed by atoms with Crippen LogP contribution in [0.3, 0.4) is 0 Å². The van der Waals surface area contributed by atoms with Crippen molar-refractivity contribution < 1.29 is 0 Å². The van der Waals surface area contributed by atoms with E-state index in [0.717, 1.165) is 22.7 Å². The maximum atomic E-state index is 2.53. The lowest BCUT2D eigenvalue weighted by Gasteiger charge is -2.31. The van der Waals surface area contributed by atoms with Crippen LogP contribution in [0.15, 0.2) is 218 Å². The number of hydrogen-bond acceptors (Lipinski definition) is 1. The zero-order valence-corrected chi connectivity index (χ0v) is 34.2. The van der Waals surface area contributed by atoms with E-state index in [4.69, 9.17) is 0 Å². The fraction of sp³-hybridized carbons (Fsp3) is 0.0508. The number of benzene rings is 10. The first-order chi connectivity index (χ1) is 30.0. The fourth-order valence-corrected chi connectivity index (χ4v) is 10.4. The van der Waals surface area contributed by atoms with E-state index in [0.29, 0.717) is 0 Å². The van der Waals surface area contributed by atoms with Crippen LogP contribution in [0.5, 0.6) is 0 Å². The summed E-state index contributed by atoms with van der Waals surface area (Å²) in [5.41, 5.74) is 16.9. The minimum Gasteiger partial charge on any atom is -0.310 e. The highest BCUT2D eigenvalue weighted by Crippen LogP contribution is 2.53. The summed E-state index contributed by atoms with van der Waals surface area (Å²) in [5.74, 6) is 0. The third-order valence-electron chi connectivity index (χ3n) is 13.2. The largest absolute Gasteiger partial charge is 0.310 e. The molecule has 0 atom stereocenters. The van der Waals surface area contributed by atoms with Gasteiger partial charge in [0.05, 0.1) is 16.7 Å². The Kier molecular flexibility index (Phi) is 7.92. The van der Waals surface area contributed by atoms with Crippen LogP contribution in [0.4, 0.5) is 17.1 Å². The topological polar surface area (TPSA) is 8.17 Å². The number of para-hydroxylation sites is 2. The summed E-state index contributed by atoms with van der Waals surface area (Å²) in [4.78, 5) is 2.53. The van der Waals surface area contributed by atoms with Crippen molar-refractivity contribution in [2.45, 2.75) is 19.3 Å². The van der Waals surface area contributed by atoms with Gasteiger partial charge >= 0.3 is 0 Å². The third kappa shape index (κ3) is 5.42. The molecule has 1 aromatic heterocycles. The van der Waals surface area contributed by atoms with Crippen molar-refractivity contribution in [1.82, 2.24) is 4.57 Å². The van der Waals surface area contributed by atoms with Gasteiger partial charge in [-0.05, 0) is 115 Å². The van der Waals surface area contributed by atoms with E-state index in [1.165, 1.54) is 87.9 Å². The first-order valence-corrected chi connectivity index (χ1v) is 21.3. The summed E-state index contributed by atoms with van der Waals surface area (Å²) in [5, 5.41) is 7.36. The Bertz CT molecular complexity index is 3510. The van der Waals surface area contributed by atoms with E-state index in [1.54, 1.807) is 0 Å². The quantitative estimate of drug-likeness (QED) is 0.163.